The lowest BCUT2D eigenvalue weighted by atomic mass is 9.87. The van der Waals surface area contributed by atoms with Crippen molar-refractivity contribution in [2.24, 2.45) is 0 Å². The van der Waals surface area contributed by atoms with Crippen molar-refractivity contribution in [3.05, 3.63) is 65.2 Å². The lowest BCUT2D eigenvalue weighted by molar-refractivity contribution is -0.333. The number of carbonyl (C=O) groups excluding carboxylic acids is 2. The molecule has 3 unspecified atom stereocenters. The number of rotatable bonds is 10. The minimum atomic E-state index is -2.44. The van der Waals surface area contributed by atoms with Crippen molar-refractivity contribution in [3.8, 4) is 5.75 Å². The molecule has 8 heteroatoms. The number of phenolic OH excluding ortho intramolecular Hbond substituents is 1. The molecule has 2 aromatic carbocycles. The maximum absolute atomic E-state index is 10.4. The summed E-state index contributed by atoms with van der Waals surface area (Å²) in [6.07, 6.45) is -3.88. The smallest absolute Gasteiger partial charge is 0.124 e. The SMILES string of the molecule is Cc1ccc(O)c(C(CCN(C(C)C)C(C)C)c2ccccc2)c1.O=C([O-])C(O)C(O)C(=O)[O-]. The van der Waals surface area contributed by atoms with Gasteiger partial charge >= 0.3 is 0 Å². The Morgan fingerprint density at radius 2 is 1.38 bits per heavy atom. The molecule has 2 aromatic rings. The summed E-state index contributed by atoms with van der Waals surface area (Å²) in [4.78, 5) is 21.8. The van der Waals surface area contributed by atoms with Crippen molar-refractivity contribution in [2.75, 3.05) is 6.54 Å². The fraction of sp³-hybridized carbons (Fsp3) is 0.462. The van der Waals surface area contributed by atoms with E-state index in [9.17, 15) is 24.9 Å². The van der Waals surface area contributed by atoms with Gasteiger partial charge in [0.05, 0.1) is 11.9 Å². The third-order valence-corrected chi connectivity index (χ3v) is 5.55. The van der Waals surface area contributed by atoms with E-state index in [0.717, 1.165) is 18.5 Å². The molecule has 0 radical (unpaired) electrons. The quantitative estimate of drug-likeness (QED) is 0.454. The molecule has 0 saturated carbocycles. The van der Waals surface area contributed by atoms with Crippen molar-refractivity contribution in [1.29, 1.82) is 0 Å². The van der Waals surface area contributed by atoms with Gasteiger partial charge in [0.25, 0.3) is 0 Å². The van der Waals surface area contributed by atoms with Gasteiger partial charge in [-0.1, -0.05) is 48.0 Å². The number of hydrogen-bond donors (Lipinski definition) is 3. The Labute approximate surface area is 201 Å². The van der Waals surface area contributed by atoms with Crippen LogP contribution < -0.4 is 10.2 Å². The fourth-order valence-electron chi connectivity index (χ4n) is 3.79. The summed E-state index contributed by atoms with van der Waals surface area (Å²) in [5, 5.41) is 46.2. The molecule has 8 nitrogen and oxygen atoms in total. The average Bonchev–Trinajstić information content (AvgIpc) is 2.78. The molecule has 0 spiro atoms. The fourth-order valence-corrected chi connectivity index (χ4v) is 3.79. The van der Waals surface area contributed by atoms with E-state index in [1.165, 1.54) is 11.1 Å². The number of aromatic hydroxyl groups is 1. The van der Waals surface area contributed by atoms with E-state index >= 15 is 0 Å². The van der Waals surface area contributed by atoms with Crippen LogP contribution in [0.4, 0.5) is 0 Å². The number of aliphatic hydroxyl groups is 2. The second-order valence-electron chi connectivity index (χ2n) is 8.77. The first-order valence-electron chi connectivity index (χ1n) is 11.2. The van der Waals surface area contributed by atoms with Crippen LogP contribution in [-0.2, 0) is 9.59 Å². The highest BCUT2D eigenvalue weighted by atomic mass is 16.4. The molecule has 0 heterocycles. The molecule has 3 atom stereocenters. The first-order chi connectivity index (χ1) is 15.9. The zero-order valence-corrected chi connectivity index (χ0v) is 20.3. The Hall–Kier alpha value is -2.94. The number of hydrogen-bond acceptors (Lipinski definition) is 8. The van der Waals surface area contributed by atoms with E-state index < -0.39 is 24.1 Å². The standard InChI is InChI=1S/C22H31NO.C4H6O6/c1-16(2)23(17(3)4)14-13-20(19-9-7-6-8-10-19)21-15-18(5)11-12-22(21)24;5-1(3(7)8)2(6)4(9)10/h6-12,15-17,20,24H,13-14H2,1-5H3;1-2,5-6H,(H,7,8)(H,9,10)/p-2. The predicted octanol–water partition coefficient (Wildman–Crippen LogP) is 0.549. The van der Waals surface area contributed by atoms with Crippen LogP contribution in [0.3, 0.4) is 0 Å². The monoisotopic (exact) mass is 473 g/mol. The van der Waals surface area contributed by atoms with Gasteiger partial charge in [0.2, 0.25) is 0 Å². The highest BCUT2D eigenvalue weighted by molar-refractivity contribution is 5.80. The van der Waals surface area contributed by atoms with E-state index in [-0.39, 0.29) is 5.92 Å². The molecule has 3 N–H and O–H groups in total. The third kappa shape index (κ3) is 8.78. The van der Waals surface area contributed by atoms with Crippen LogP contribution in [0.25, 0.3) is 0 Å². The summed E-state index contributed by atoms with van der Waals surface area (Å²) >= 11 is 0. The van der Waals surface area contributed by atoms with Gasteiger partial charge in [-0.15, -0.1) is 0 Å². The molecular formula is C26H35NO7-2. The molecule has 0 fully saturated rings. The van der Waals surface area contributed by atoms with E-state index in [1.54, 1.807) is 0 Å². The number of carboxylic acids is 2. The van der Waals surface area contributed by atoms with Crippen molar-refractivity contribution < 1.29 is 35.1 Å². The van der Waals surface area contributed by atoms with Gasteiger partial charge in [-0.05, 0) is 59.2 Å². The van der Waals surface area contributed by atoms with Crippen LogP contribution in [0.5, 0.6) is 5.75 Å². The molecule has 0 aliphatic carbocycles. The largest absolute Gasteiger partial charge is 0.547 e. The van der Waals surface area contributed by atoms with E-state index in [4.69, 9.17) is 10.2 Å². The maximum Gasteiger partial charge on any atom is 0.124 e. The normalized spacial score (nSPS) is 13.8. The van der Waals surface area contributed by atoms with Crippen molar-refractivity contribution >= 4 is 11.9 Å². The van der Waals surface area contributed by atoms with Crippen molar-refractivity contribution in [2.45, 2.75) is 71.2 Å². The number of phenols is 1. The molecule has 0 amide bonds. The van der Waals surface area contributed by atoms with Crippen LogP contribution in [0, 0.1) is 6.92 Å². The first-order valence-corrected chi connectivity index (χ1v) is 11.2. The molecule has 0 aromatic heterocycles. The number of carboxylic acid groups (broad SMARTS) is 2. The Balaban J connectivity index is 0.000000489. The predicted molar refractivity (Wildman–Crippen MR) is 125 cm³/mol. The zero-order valence-electron chi connectivity index (χ0n) is 20.3. The third-order valence-electron chi connectivity index (χ3n) is 5.55. The van der Waals surface area contributed by atoms with Crippen LogP contribution in [0.2, 0.25) is 0 Å². The van der Waals surface area contributed by atoms with Gasteiger partial charge in [0.15, 0.2) is 0 Å². The molecule has 34 heavy (non-hydrogen) atoms. The molecule has 0 bridgehead atoms. The van der Waals surface area contributed by atoms with Gasteiger partial charge in [-0.3, -0.25) is 4.90 Å². The molecule has 0 aliphatic rings. The Bertz CT molecular complexity index is 889. The summed E-state index contributed by atoms with van der Waals surface area (Å²) in [6.45, 7) is 12.1. The Morgan fingerprint density at radius 3 is 1.82 bits per heavy atom. The number of aliphatic carboxylic acids is 2. The van der Waals surface area contributed by atoms with Gasteiger partial charge in [-0.25, -0.2) is 0 Å². The van der Waals surface area contributed by atoms with Gasteiger partial charge in [-0.2, -0.15) is 0 Å². The second-order valence-corrected chi connectivity index (χ2v) is 8.77. The lowest BCUT2D eigenvalue weighted by Crippen LogP contribution is -2.51. The molecule has 188 valence electrons. The second kappa shape index (κ2) is 13.7. The van der Waals surface area contributed by atoms with Gasteiger partial charge in [0, 0.05) is 23.6 Å². The summed E-state index contributed by atoms with van der Waals surface area (Å²) in [5.74, 6) is -3.51. The van der Waals surface area contributed by atoms with Crippen molar-refractivity contribution in [1.82, 2.24) is 4.90 Å². The molecule has 2 rings (SSSR count). The molecule has 0 saturated heterocycles. The lowest BCUT2D eigenvalue weighted by Gasteiger charge is -2.32. The number of benzene rings is 2. The summed E-state index contributed by atoms with van der Waals surface area (Å²) in [5.41, 5.74) is 3.49. The van der Waals surface area contributed by atoms with Crippen LogP contribution in [0.1, 0.15) is 56.7 Å². The number of aryl methyl sites for hydroxylation is 1. The van der Waals surface area contributed by atoms with E-state index in [2.05, 4.69) is 69.9 Å². The van der Waals surface area contributed by atoms with Crippen LogP contribution in [-0.4, -0.2) is 63.0 Å². The topological polar surface area (TPSA) is 144 Å². The number of nitrogens with zero attached hydrogens (tertiary/aromatic N) is 1. The zero-order chi connectivity index (χ0) is 26.0. The minimum Gasteiger partial charge on any atom is -0.547 e. The van der Waals surface area contributed by atoms with Crippen molar-refractivity contribution in [3.63, 3.8) is 0 Å². The maximum atomic E-state index is 10.4. The van der Waals surface area contributed by atoms with E-state index in [0.29, 0.717) is 17.8 Å². The van der Waals surface area contributed by atoms with Crippen LogP contribution >= 0.6 is 0 Å². The number of aliphatic hydroxyl groups excluding tert-OH is 2. The number of carbonyl (C=O) groups is 2. The molecule has 0 aliphatic heterocycles. The first kappa shape index (κ1) is 29.1. The average molecular weight is 474 g/mol. The highest BCUT2D eigenvalue weighted by Gasteiger charge is 2.21. The van der Waals surface area contributed by atoms with Crippen LogP contribution in [0.15, 0.2) is 48.5 Å². The molecular weight excluding hydrogens is 438 g/mol. The van der Waals surface area contributed by atoms with Gasteiger partial charge in [0.1, 0.15) is 18.0 Å². The Morgan fingerprint density at radius 1 is 0.882 bits per heavy atom. The Kier molecular flexibility index (Phi) is 11.7. The summed E-state index contributed by atoms with van der Waals surface area (Å²) in [6, 6.07) is 17.5. The highest BCUT2D eigenvalue weighted by Crippen LogP contribution is 2.35. The van der Waals surface area contributed by atoms with E-state index in [1.807, 2.05) is 18.2 Å². The summed E-state index contributed by atoms with van der Waals surface area (Å²) in [7, 11) is 0. The summed E-state index contributed by atoms with van der Waals surface area (Å²) < 4.78 is 0. The van der Waals surface area contributed by atoms with Gasteiger partial charge < -0.3 is 35.1 Å². The minimum absolute atomic E-state index is 0.214.